The van der Waals surface area contributed by atoms with Gasteiger partial charge in [-0.1, -0.05) is 67.3 Å². The first-order valence-electron chi connectivity index (χ1n) is 7.24. The van der Waals surface area contributed by atoms with Crippen LogP contribution in [0.4, 0.5) is 0 Å². The minimum Gasteiger partial charge on any atom is -0.453 e. The molecule has 0 aromatic heterocycles. The van der Waals surface area contributed by atoms with E-state index in [1.807, 2.05) is 54.6 Å². The highest BCUT2D eigenvalue weighted by atomic mass is 16.5. The average Bonchev–Trinajstić information content (AvgIpc) is 2.53. The number of hydrogen-bond donors (Lipinski definition) is 0. The molecule has 2 aromatic carbocycles. The fourth-order valence-corrected chi connectivity index (χ4v) is 2.53. The standard InChI is InChI=1S/C20H20O2/c1-4-10-17-12-7-9-14-19(17)20(22-15(3)21)18-13-8-6-11-16(18)5-2/h4-9,11-14,20H,1-2,10H2,3H3. The van der Waals surface area contributed by atoms with Gasteiger partial charge in [0.25, 0.3) is 0 Å². The van der Waals surface area contributed by atoms with Gasteiger partial charge in [-0.15, -0.1) is 6.58 Å². The van der Waals surface area contributed by atoms with Crippen molar-refractivity contribution in [3.63, 3.8) is 0 Å². The molecule has 2 rings (SSSR count). The topological polar surface area (TPSA) is 26.3 Å². The molecule has 22 heavy (non-hydrogen) atoms. The number of hydrogen-bond acceptors (Lipinski definition) is 2. The van der Waals surface area contributed by atoms with Crippen LogP contribution >= 0.6 is 0 Å². The summed E-state index contributed by atoms with van der Waals surface area (Å²) in [5.41, 5.74) is 3.97. The molecule has 0 N–H and O–H groups in total. The van der Waals surface area contributed by atoms with Crippen molar-refractivity contribution in [3.05, 3.63) is 90.0 Å². The van der Waals surface area contributed by atoms with E-state index in [0.29, 0.717) is 0 Å². The predicted octanol–water partition coefficient (Wildman–Crippen LogP) is 4.71. The molecule has 0 bridgehead atoms. The average molecular weight is 292 g/mol. The maximum Gasteiger partial charge on any atom is 0.303 e. The summed E-state index contributed by atoms with van der Waals surface area (Å²) in [6.45, 7) is 9.08. The van der Waals surface area contributed by atoms with Gasteiger partial charge in [0, 0.05) is 18.1 Å². The predicted molar refractivity (Wildman–Crippen MR) is 90.5 cm³/mol. The zero-order chi connectivity index (χ0) is 15.9. The second-order valence-corrected chi connectivity index (χ2v) is 5.01. The lowest BCUT2D eigenvalue weighted by Gasteiger charge is -2.22. The van der Waals surface area contributed by atoms with Crippen LogP contribution in [-0.2, 0) is 16.0 Å². The molecule has 0 fully saturated rings. The van der Waals surface area contributed by atoms with E-state index in [4.69, 9.17) is 4.74 Å². The molecule has 0 aliphatic carbocycles. The van der Waals surface area contributed by atoms with E-state index in [2.05, 4.69) is 13.2 Å². The van der Waals surface area contributed by atoms with E-state index in [-0.39, 0.29) is 5.97 Å². The van der Waals surface area contributed by atoms with E-state index in [1.165, 1.54) is 6.92 Å². The summed E-state index contributed by atoms with van der Waals surface area (Å²) >= 11 is 0. The maximum atomic E-state index is 11.6. The van der Waals surface area contributed by atoms with Crippen molar-refractivity contribution in [2.45, 2.75) is 19.4 Å². The molecule has 0 saturated carbocycles. The fourth-order valence-electron chi connectivity index (χ4n) is 2.53. The monoisotopic (exact) mass is 292 g/mol. The summed E-state index contributed by atoms with van der Waals surface area (Å²) in [5, 5.41) is 0. The molecule has 0 heterocycles. The van der Waals surface area contributed by atoms with E-state index in [0.717, 1.165) is 28.7 Å². The lowest BCUT2D eigenvalue weighted by atomic mass is 9.92. The zero-order valence-corrected chi connectivity index (χ0v) is 12.8. The van der Waals surface area contributed by atoms with Crippen molar-refractivity contribution in [2.24, 2.45) is 0 Å². The highest BCUT2D eigenvalue weighted by molar-refractivity contribution is 5.67. The second kappa shape index (κ2) is 7.41. The molecule has 1 atom stereocenters. The van der Waals surface area contributed by atoms with Crippen LogP contribution in [0.1, 0.15) is 35.3 Å². The molecule has 112 valence electrons. The Hall–Kier alpha value is -2.61. The number of ether oxygens (including phenoxy) is 1. The Labute approximate surface area is 131 Å². The van der Waals surface area contributed by atoms with Crippen LogP contribution < -0.4 is 0 Å². The normalized spacial score (nSPS) is 11.5. The highest BCUT2D eigenvalue weighted by Gasteiger charge is 2.21. The van der Waals surface area contributed by atoms with Crippen LogP contribution in [0.15, 0.2) is 67.8 Å². The smallest absolute Gasteiger partial charge is 0.303 e. The number of carbonyl (C=O) groups is 1. The molecule has 0 aliphatic heterocycles. The molecule has 2 aromatic rings. The lowest BCUT2D eigenvalue weighted by molar-refractivity contribution is -0.144. The summed E-state index contributed by atoms with van der Waals surface area (Å²) in [5.74, 6) is -0.308. The molecule has 0 aliphatic rings. The zero-order valence-electron chi connectivity index (χ0n) is 12.8. The SMILES string of the molecule is C=CCc1ccccc1C(OC(C)=O)c1ccccc1C=C. The molecule has 1 unspecified atom stereocenters. The molecule has 0 amide bonds. The van der Waals surface area contributed by atoms with Crippen LogP contribution in [0.25, 0.3) is 6.08 Å². The van der Waals surface area contributed by atoms with E-state index >= 15 is 0 Å². The molecular formula is C20H20O2. The Kier molecular flexibility index (Phi) is 5.31. The van der Waals surface area contributed by atoms with Gasteiger partial charge in [0.1, 0.15) is 0 Å². The van der Waals surface area contributed by atoms with E-state index in [1.54, 1.807) is 6.08 Å². The number of carbonyl (C=O) groups excluding carboxylic acids is 1. The molecular weight excluding hydrogens is 272 g/mol. The van der Waals surface area contributed by atoms with Gasteiger partial charge in [-0.25, -0.2) is 0 Å². The van der Waals surface area contributed by atoms with E-state index in [9.17, 15) is 4.79 Å². The van der Waals surface area contributed by atoms with Crippen LogP contribution in [0.2, 0.25) is 0 Å². The summed E-state index contributed by atoms with van der Waals surface area (Å²) in [7, 11) is 0. The number of rotatable bonds is 6. The lowest BCUT2D eigenvalue weighted by Crippen LogP contribution is -2.13. The Bertz CT molecular complexity index is 686. The summed E-state index contributed by atoms with van der Waals surface area (Å²) in [4.78, 5) is 11.6. The largest absolute Gasteiger partial charge is 0.453 e. The van der Waals surface area contributed by atoms with Gasteiger partial charge >= 0.3 is 5.97 Å². The fraction of sp³-hybridized carbons (Fsp3) is 0.150. The minimum atomic E-state index is -0.442. The van der Waals surface area contributed by atoms with Gasteiger partial charge in [0.05, 0.1) is 0 Å². The summed E-state index contributed by atoms with van der Waals surface area (Å²) < 4.78 is 5.63. The Morgan fingerprint density at radius 2 is 1.73 bits per heavy atom. The number of allylic oxidation sites excluding steroid dienone is 1. The van der Waals surface area contributed by atoms with Gasteiger partial charge in [0.15, 0.2) is 6.10 Å². The second-order valence-electron chi connectivity index (χ2n) is 5.01. The van der Waals surface area contributed by atoms with Crippen molar-refractivity contribution in [1.82, 2.24) is 0 Å². The molecule has 0 spiro atoms. The summed E-state index contributed by atoms with van der Waals surface area (Å²) in [6.07, 6.45) is 3.91. The quantitative estimate of drug-likeness (QED) is 0.569. The highest BCUT2D eigenvalue weighted by Crippen LogP contribution is 2.32. The van der Waals surface area contributed by atoms with Crippen molar-refractivity contribution < 1.29 is 9.53 Å². The van der Waals surface area contributed by atoms with E-state index < -0.39 is 6.10 Å². The third-order valence-electron chi connectivity index (χ3n) is 3.48. The Morgan fingerprint density at radius 1 is 1.09 bits per heavy atom. The van der Waals surface area contributed by atoms with Gasteiger partial charge in [-0.2, -0.15) is 0 Å². The first-order valence-corrected chi connectivity index (χ1v) is 7.24. The van der Waals surface area contributed by atoms with Crippen LogP contribution in [-0.4, -0.2) is 5.97 Å². The van der Waals surface area contributed by atoms with Crippen LogP contribution in [0.3, 0.4) is 0 Å². The molecule has 0 radical (unpaired) electrons. The van der Waals surface area contributed by atoms with Gasteiger partial charge in [-0.05, 0) is 17.5 Å². The third kappa shape index (κ3) is 3.53. The van der Waals surface area contributed by atoms with Gasteiger partial charge < -0.3 is 4.74 Å². The molecule has 2 nitrogen and oxygen atoms in total. The summed E-state index contributed by atoms with van der Waals surface area (Å²) in [6, 6.07) is 15.8. The molecule has 2 heteroatoms. The Morgan fingerprint density at radius 3 is 2.36 bits per heavy atom. The maximum absolute atomic E-state index is 11.6. The third-order valence-corrected chi connectivity index (χ3v) is 3.48. The minimum absolute atomic E-state index is 0.308. The van der Waals surface area contributed by atoms with Crippen LogP contribution in [0, 0.1) is 0 Å². The van der Waals surface area contributed by atoms with Gasteiger partial charge in [0.2, 0.25) is 0 Å². The van der Waals surface area contributed by atoms with Crippen molar-refractivity contribution in [3.8, 4) is 0 Å². The Balaban J connectivity index is 2.58. The van der Waals surface area contributed by atoms with Crippen molar-refractivity contribution in [2.75, 3.05) is 0 Å². The first kappa shape index (κ1) is 15.8. The first-order chi connectivity index (χ1) is 10.7. The van der Waals surface area contributed by atoms with Gasteiger partial charge in [-0.3, -0.25) is 4.79 Å². The van der Waals surface area contributed by atoms with Crippen molar-refractivity contribution >= 4 is 12.0 Å². The number of benzene rings is 2. The van der Waals surface area contributed by atoms with Crippen molar-refractivity contribution in [1.29, 1.82) is 0 Å². The number of esters is 1. The van der Waals surface area contributed by atoms with Crippen LogP contribution in [0.5, 0.6) is 0 Å². The molecule has 0 saturated heterocycles.